The van der Waals surface area contributed by atoms with Crippen LogP contribution in [-0.4, -0.2) is 28.6 Å². The molecule has 1 aromatic heterocycles. The van der Waals surface area contributed by atoms with Gasteiger partial charge in [-0.3, -0.25) is 9.78 Å². The van der Waals surface area contributed by atoms with Crippen LogP contribution in [0.3, 0.4) is 0 Å². The summed E-state index contributed by atoms with van der Waals surface area (Å²) in [5, 5.41) is 11.7. The van der Waals surface area contributed by atoms with Gasteiger partial charge in [0.1, 0.15) is 6.61 Å². The van der Waals surface area contributed by atoms with Crippen LogP contribution < -0.4 is 5.32 Å². The van der Waals surface area contributed by atoms with Gasteiger partial charge in [-0.05, 0) is 31.7 Å². The zero-order valence-corrected chi connectivity index (χ0v) is 11.0. The number of carbonyl (C=O) groups is 1. The van der Waals surface area contributed by atoms with Crippen LogP contribution in [0.5, 0.6) is 0 Å². The minimum absolute atomic E-state index is 0.112. The van der Waals surface area contributed by atoms with E-state index in [0.717, 1.165) is 0 Å². The molecule has 1 amide bonds. The van der Waals surface area contributed by atoms with Crippen LogP contribution in [0.25, 0.3) is 0 Å². The molecule has 19 heavy (non-hydrogen) atoms. The number of nitrogens with one attached hydrogen (secondary N) is 1. The monoisotopic (exact) mass is 258 g/mol. The second-order valence-electron chi connectivity index (χ2n) is 4.88. The number of carbonyl (C=O) groups excluding carboxylic acids is 1. The highest BCUT2D eigenvalue weighted by Gasteiger charge is 2.25. The molecule has 4 heteroatoms. The highest BCUT2D eigenvalue weighted by atomic mass is 16.2. The van der Waals surface area contributed by atoms with Gasteiger partial charge in [-0.25, -0.2) is 0 Å². The first kappa shape index (κ1) is 13.6. The number of pyridine rings is 1. The van der Waals surface area contributed by atoms with Crippen LogP contribution in [0, 0.1) is 17.8 Å². The first-order valence-electron chi connectivity index (χ1n) is 6.56. The molecule has 0 spiro atoms. The van der Waals surface area contributed by atoms with Crippen molar-refractivity contribution in [1.29, 1.82) is 0 Å². The van der Waals surface area contributed by atoms with E-state index in [4.69, 9.17) is 5.11 Å². The lowest BCUT2D eigenvalue weighted by atomic mass is 9.80. The second kappa shape index (κ2) is 6.35. The molecule has 2 rings (SSSR count). The Labute approximate surface area is 113 Å². The minimum Gasteiger partial charge on any atom is -0.384 e. The number of nitrogens with zero attached hydrogens (tertiary/aromatic N) is 1. The Balaban J connectivity index is 2.01. The predicted molar refractivity (Wildman–Crippen MR) is 72.5 cm³/mol. The highest BCUT2D eigenvalue weighted by molar-refractivity contribution is 5.94. The average Bonchev–Trinajstić information content (AvgIpc) is 2.34. The fourth-order valence-electron chi connectivity index (χ4n) is 2.12. The molecular weight excluding hydrogens is 240 g/mol. The van der Waals surface area contributed by atoms with Crippen molar-refractivity contribution in [2.75, 3.05) is 6.61 Å². The largest absolute Gasteiger partial charge is 0.384 e. The molecule has 2 N–H and O–H groups in total. The summed E-state index contributed by atoms with van der Waals surface area (Å²) in [5.74, 6) is 5.78. The predicted octanol–water partition coefficient (Wildman–Crippen LogP) is 1.34. The maximum Gasteiger partial charge on any atom is 0.253 e. The summed E-state index contributed by atoms with van der Waals surface area (Å²) in [7, 11) is 0. The number of aliphatic hydroxyl groups excluding tert-OH is 1. The Morgan fingerprint density at radius 2 is 2.37 bits per heavy atom. The van der Waals surface area contributed by atoms with Crippen molar-refractivity contribution in [3.63, 3.8) is 0 Å². The summed E-state index contributed by atoms with van der Waals surface area (Å²) < 4.78 is 0. The SMILES string of the molecule is CC(NC(=O)c1cncc(C#CCO)c1)C1CCC1. The van der Waals surface area contributed by atoms with E-state index in [1.54, 1.807) is 12.3 Å². The Morgan fingerprint density at radius 3 is 3.00 bits per heavy atom. The van der Waals surface area contributed by atoms with Crippen molar-refractivity contribution in [2.24, 2.45) is 5.92 Å². The van der Waals surface area contributed by atoms with Crippen LogP contribution >= 0.6 is 0 Å². The van der Waals surface area contributed by atoms with E-state index >= 15 is 0 Å². The maximum atomic E-state index is 12.1. The van der Waals surface area contributed by atoms with Gasteiger partial charge in [0.25, 0.3) is 5.91 Å². The van der Waals surface area contributed by atoms with Gasteiger partial charge < -0.3 is 10.4 Å². The van der Waals surface area contributed by atoms with Crippen molar-refractivity contribution in [2.45, 2.75) is 32.2 Å². The highest BCUT2D eigenvalue weighted by Crippen LogP contribution is 2.29. The molecule has 0 aliphatic heterocycles. The summed E-state index contributed by atoms with van der Waals surface area (Å²) >= 11 is 0. The molecular formula is C15H18N2O2. The quantitative estimate of drug-likeness (QED) is 0.804. The van der Waals surface area contributed by atoms with Crippen molar-refractivity contribution >= 4 is 5.91 Å². The smallest absolute Gasteiger partial charge is 0.253 e. The van der Waals surface area contributed by atoms with Crippen LogP contribution in [0.15, 0.2) is 18.5 Å². The lowest BCUT2D eigenvalue weighted by Gasteiger charge is -2.31. The molecule has 1 saturated carbocycles. The van der Waals surface area contributed by atoms with E-state index < -0.39 is 0 Å². The van der Waals surface area contributed by atoms with Crippen molar-refractivity contribution < 1.29 is 9.90 Å². The summed E-state index contributed by atoms with van der Waals surface area (Å²) in [5.41, 5.74) is 1.15. The van der Waals surface area contributed by atoms with E-state index in [-0.39, 0.29) is 18.6 Å². The number of rotatable bonds is 3. The van der Waals surface area contributed by atoms with Gasteiger partial charge >= 0.3 is 0 Å². The second-order valence-corrected chi connectivity index (χ2v) is 4.88. The lowest BCUT2D eigenvalue weighted by Crippen LogP contribution is -2.40. The Morgan fingerprint density at radius 1 is 1.58 bits per heavy atom. The minimum atomic E-state index is -0.199. The van der Waals surface area contributed by atoms with Crippen molar-refractivity contribution in [1.82, 2.24) is 10.3 Å². The molecule has 1 atom stereocenters. The average molecular weight is 258 g/mol. The molecule has 0 saturated heterocycles. The van der Waals surface area contributed by atoms with E-state index in [9.17, 15) is 4.79 Å². The molecule has 0 bridgehead atoms. The molecule has 100 valence electrons. The molecule has 1 heterocycles. The third-order valence-electron chi connectivity index (χ3n) is 3.53. The van der Waals surface area contributed by atoms with E-state index in [0.29, 0.717) is 17.0 Å². The molecule has 0 radical (unpaired) electrons. The molecule has 1 aromatic rings. The molecule has 1 aliphatic carbocycles. The summed E-state index contributed by atoms with van der Waals surface area (Å²) in [4.78, 5) is 16.1. The fraction of sp³-hybridized carbons (Fsp3) is 0.467. The number of aliphatic hydroxyl groups is 1. The fourth-order valence-corrected chi connectivity index (χ4v) is 2.12. The van der Waals surface area contributed by atoms with Gasteiger partial charge in [0.2, 0.25) is 0 Å². The van der Waals surface area contributed by atoms with Gasteiger partial charge in [0.05, 0.1) is 5.56 Å². The first-order valence-corrected chi connectivity index (χ1v) is 6.56. The van der Waals surface area contributed by atoms with E-state index in [1.165, 1.54) is 25.5 Å². The standard InChI is InChI=1S/C15H18N2O2/c1-11(13-5-2-6-13)17-15(19)14-8-12(4-3-7-18)9-16-10-14/h8-11,13,18H,2,5-7H2,1H3,(H,17,19). The summed E-state index contributed by atoms with van der Waals surface area (Å²) in [6.45, 7) is 1.85. The number of aromatic nitrogens is 1. The third kappa shape index (κ3) is 3.55. The molecule has 1 fully saturated rings. The van der Waals surface area contributed by atoms with Crippen LogP contribution in [0.1, 0.15) is 42.1 Å². The van der Waals surface area contributed by atoms with Gasteiger partial charge in [0.15, 0.2) is 0 Å². The Bertz CT molecular complexity index is 512. The molecule has 0 aromatic carbocycles. The number of amides is 1. The van der Waals surface area contributed by atoms with Crippen molar-refractivity contribution in [3.05, 3.63) is 29.6 Å². The van der Waals surface area contributed by atoms with Crippen molar-refractivity contribution in [3.8, 4) is 11.8 Å². The van der Waals surface area contributed by atoms with Gasteiger partial charge in [-0.15, -0.1) is 0 Å². The lowest BCUT2D eigenvalue weighted by molar-refractivity contribution is 0.0909. The van der Waals surface area contributed by atoms with Gasteiger partial charge in [-0.2, -0.15) is 0 Å². The molecule has 1 unspecified atom stereocenters. The van der Waals surface area contributed by atoms with Crippen LogP contribution in [0.2, 0.25) is 0 Å². The topological polar surface area (TPSA) is 62.2 Å². The van der Waals surface area contributed by atoms with Gasteiger partial charge in [-0.1, -0.05) is 18.3 Å². The number of hydrogen-bond acceptors (Lipinski definition) is 3. The van der Waals surface area contributed by atoms with Crippen LogP contribution in [-0.2, 0) is 0 Å². The van der Waals surface area contributed by atoms with E-state index in [1.807, 2.05) is 6.92 Å². The Kier molecular flexibility index (Phi) is 4.53. The summed E-state index contributed by atoms with van der Waals surface area (Å²) in [6.07, 6.45) is 6.77. The zero-order chi connectivity index (χ0) is 13.7. The van der Waals surface area contributed by atoms with Crippen LogP contribution in [0.4, 0.5) is 0 Å². The maximum absolute atomic E-state index is 12.1. The third-order valence-corrected chi connectivity index (χ3v) is 3.53. The normalized spacial score (nSPS) is 15.9. The molecule has 4 nitrogen and oxygen atoms in total. The molecule has 1 aliphatic rings. The van der Waals surface area contributed by atoms with E-state index in [2.05, 4.69) is 22.1 Å². The van der Waals surface area contributed by atoms with Gasteiger partial charge in [0, 0.05) is 24.0 Å². The Hall–Kier alpha value is -1.86. The zero-order valence-electron chi connectivity index (χ0n) is 11.0. The number of hydrogen-bond donors (Lipinski definition) is 2. The first-order chi connectivity index (χ1) is 9.20. The summed E-state index contributed by atoms with van der Waals surface area (Å²) in [6, 6.07) is 1.90.